The molecule has 2 aromatic carbocycles. The van der Waals surface area contributed by atoms with Crippen molar-refractivity contribution >= 4 is 5.69 Å². The molecule has 0 aromatic heterocycles. The van der Waals surface area contributed by atoms with Gasteiger partial charge in [-0.2, -0.15) is 0 Å². The highest BCUT2D eigenvalue weighted by Crippen LogP contribution is 2.21. The Balaban J connectivity index is 1.61. The molecule has 19 heavy (non-hydrogen) atoms. The Kier molecular flexibility index (Phi) is 3.36. The number of anilines is 1. The summed E-state index contributed by atoms with van der Waals surface area (Å²) >= 11 is 0. The molecule has 1 heterocycles. The van der Waals surface area contributed by atoms with Crippen LogP contribution in [-0.2, 0) is 6.61 Å². The van der Waals surface area contributed by atoms with Crippen molar-refractivity contribution in [2.24, 2.45) is 0 Å². The van der Waals surface area contributed by atoms with Crippen LogP contribution in [0.1, 0.15) is 5.56 Å². The largest absolute Gasteiger partial charge is 0.489 e. The van der Waals surface area contributed by atoms with Crippen molar-refractivity contribution in [2.75, 3.05) is 11.6 Å². The first-order chi connectivity index (χ1) is 9.42. The molecule has 1 aliphatic heterocycles. The second kappa shape index (κ2) is 5.48. The summed E-state index contributed by atoms with van der Waals surface area (Å²) < 4.78 is 5.76. The number of hydrogen-bond donors (Lipinski definition) is 1. The second-order valence-corrected chi connectivity index (χ2v) is 4.42. The highest BCUT2D eigenvalue weighted by atomic mass is 16.5. The van der Waals surface area contributed by atoms with Crippen LogP contribution in [0.2, 0.25) is 0 Å². The van der Waals surface area contributed by atoms with Gasteiger partial charge >= 0.3 is 0 Å². The van der Waals surface area contributed by atoms with Gasteiger partial charge in [-0.1, -0.05) is 30.3 Å². The van der Waals surface area contributed by atoms with Crippen LogP contribution in [-0.4, -0.2) is 6.67 Å². The van der Waals surface area contributed by atoms with Crippen molar-refractivity contribution in [1.29, 1.82) is 0 Å². The first-order valence-electron chi connectivity index (χ1n) is 6.35. The summed E-state index contributed by atoms with van der Waals surface area (Å²) in [5.41, 5.74) is 2.34. The van der Waals surface area contributed by atoms with Gasteiger partial charge in [-0.25, -0.2) is 0 Å². The second-order valence-electron chi connectivity index (χ2n) is 4.42. The Hall–Kier alpha value is -2.42. The average molecular weight is 252 g/mol. The summed E-state index contributed by atoms with van der Waals surface area (Å²) in [6.45, 7) is 1.43. The van der Waals surface area contributed by atoms with Crippen molar-refractivity contribution in [3.63, 3.8) is 0 Å². The minimum Gasteiger partial charge on any atom is -0.489 e. The molecular weight excluding hydrogens is 236 g/mol. The third kappa shape index (κ3) is 2.88. The van der Waals surface area contributed by atoms with Gasteiger partial charge in [0.1, 0.15) is 12.4 Å². The molecular formula is C16H16N2O. The first kappa shape index (κ1) is 11.7. The number of nitrogens with zero attached hydrogens (tertiary/aromatic N) is 1. The molecule has 2 aromatic rings. The minimum absolute atomic E-state index is 0.603. The number of benzene rings is 2. The Bertz CT molecular complexity index is 549. The highest BCUT2D eigenvalue weighted by Gasteiger charge is 2.05. The predicted molar refractivity (Wildman–Crippen MR) is 76.8 cm³/mol. The van der Waals surface area contributed by atoms with Crippen LogP contribution in [0.5, 0.6) is 5.75 Å². The number of ether oxygens (including phenoxy) is 1. The maximum Gasteiger partial charge on any atom is 0.119 e. The lowest BCUT2D eigenvalue weighted by Crippen LogP contribution is -2.19. The smallest absolute Gasteiger partial charge is 0.119 e. The molecule has 3 nitrogen and oxygen atoms in total. The third-order valence-electron chi connectivity index (χ3n) is 3.05. The monoisotopic (exact) mass is 252 g/mol. The molecule has 0 saturated carbocycles. The fourth-order valence-corrected chi connectivity index (χ4v) is 2.00. The number of rotatable bonds is 4. The molecule has 0 amide bonds. The lowest BCUT2D eigenvalue weighted by atomic mass is 10.2. The zero-order valence-electron chi connectivity index (χ0n) is 10.6. The van der Waals surface area contributed by atoms with Crippen molar-refractivity contribution in [2.45, 2.75) is 6.61 Å². The standard InChI is InChI=1S/C16H16N2O/c1-2-4-14(5-3-1)12-19-16-8-6-15(7-9-16)18-11-10-17-13-18/h1-11,17H,12-13H2. The zero-order valence-corrected chi connectivity index (χ0v) is 10.6. The fraction of sp³-hybridized carbons (Fsp3) is 0.125. The van der Waals surface area contributed by atoms with E-state index in [1.807, 2.05) is 42.7 Å². The molecule has 1 N–H and O–H groups in total. The molecule has 0 atom stereocenters. The summed E-state index contributed by atoms with van der Waals surface area (Å²) in [7, 11) is 0. The maximum absolute atomic E-state index is 5.76. The van der Waals surface area contributed by atoms with E-state index in [9.17, 15) is 0 Å². The SMILES string of the molecule is C1=CN(c2ccc(OCc3ccccc3)cc2)CN1. The molecule has 0 unspecified atom stereocenters. The molecule has 0 spiro atoms. The zero-order chi connectivity index (χ0) is 12.9. The Morgan fingerprint density at radius 1 is 1.00 bits per heavy atom. The van der Waals surface area contributed by atoms with Crippen molar-refractivity contribution in [3.8, 4) is 5.75 Å². The van der Waals surface area contributed by atoms with Gasteiger partial charge in [0.25, 0.3) is 0 Å². The summed E-state index contributed by atoms with van der Waals surface area (Å²) in [5, 5.41) is 3.15. The van der Waals surface area contributed by atoms with Crippen LogP contribution in [0, 0.1) is 0 Å². The van der Waals surface area contributed by atoms with Crippen molar-refractivity contribution in [3.05, 3.63) is 72.6 Å². The van der Waals surface area contributed by atoms with E-state index < -0.39 is 0 Å². The molecule has 0 bridgehead atoms. The van der Waals surface area contributed by atoms with E-state index in [4.69, 9.17) is 4.74 Å². The Morgan fingerprint density at radius 2 is 1.79 bits per heavy atom. The van der Waals surface area contributed by atoms with Crippen LogP contribution < -0.4 is 15.0 Å². The number of nitrogens with one attached hydrogen (secondary N) is 1. The Morgan fingerprint density at radius 3 is 2.47 bits per heavy atom. The highest BCUT2D eigenvalue weighted by molar-refractivity contribution is 5.52. The third-order valence-corrected chi connectivity index (χ3v) is 3.05. The van der Waals surface area contributed by atoms with E-state index in [1.165, 1.54) is 5.56 Å². The van der Waals surface area contributed by atoms with E-state index >= 15 is 0 Å². The van der Waals surface area contributed by atoms with E-state index in [2.05, 4.69) is 34.5 Å². The lowest BCUT2D eigenvalue weighted by Gasteiger charge is -2.15. The molecule has 0 radical (unpaired) electrons. The quantitative estimate of drug-likeness (QED) is 0.905. The summed E-state index contributed by atoms with van der Waals surface area (Å²) in [4.78, 5) is 2.14. The first-order valence-corrected chi connectivity index (χ1v) is 6.35. The van der Waals surface area contributed by atoms with Gasteiger partial charge in [-0.3, -0.25) is 0 Å². The molecule has 96 valence electrons. The molecule has 3 heteroatoms. The lowest BCUT2D eigenvalue weighted by molar-refractivity contribution is 0.306. The molecule has 1 aliphatic rings. The number of hydrogen-bond acceptors (Lipinski definition) is 3. The van der Waals surface area contributed by atoms with Gasteiger partial charge in [0.2, 0.25) is 0 Å². The van der Waals surface area contributed by atoms with Crippen molar-refractivity contribution in [1.82, 2.24) is 5.32 Å². The van der Waals surface area contributed by atoms with Crippen molar-refractivity contribution < 1.29 is 4.74 Å². The summed E-state index contributed by atoms with van der Waals surface area (Å²) in [6.07, 6.45) is 3.97. The van der Waals surface area contributed by atoms with Crippen LogP contribution in [0.3, 0.4) is 0 Å². The maximum atomic E-state index is 5.76. The van der Waals surface area contributed by atoms with Crippen LogP contribution in [0.25, 0.3) is 0 Å². The van der Waals surface area contributed by atoms with E-state index in [0.29, 0.717) is 6.61 Å². The summed E-state index contributed by atoms with van der Waals surface area (Å²) in [5.74, 6) is 0.892. The fourth-order valence-electron chi connectivity index (χ4n) is 2.00. The van der Waals surface area contributed by atoms with Gasteiger partial charge in [-0.15, -0.1) is 0 Å². The molecule has 0 saturated heterocycles. The molecule has 3 rings (SSSR count). The van der Waals surface area contributed by atoms with Crippen LogP contribution in [0.4, 0.5) is 5.69 Å². The minimum atomic E-state index is 0.603. The topological polar surface area (TPSA) is 24.5 Å². The van der Waals surface area contributed by atoms with E-state index in [1.54, 1.807) is 0 Å². The normalized spacial score (nSPS) is 13.4. The van der Waals surface area contributed by atoms with Crippen LogP contribution >= 0.6 is 0 Å². The predicted octanol–water partition coefficient (Wildman–Crippen LogP) is 3.10. The van der Waals surface area contributed by atoms with Gasteiger partial charge in [0, 0.05) is 18.1 Å². The average Bonchev–Trinajstić information content (AvgIpc) is 3.01. The van der Waals surface area contributed by atoms with Gasteiger partial charge in [0.05, 0.1) is 6.67 Å². The Labute approximate surface area is 113 Å². The van der Waals surface area contributed by atoms with Gasteiger partial charge in [-0.05, 0) is 29.8 Å². The van der Waals surface area contributed by atoms with Gasteiger partial charge in [0.15, 0.2) is 0 Å². The molecule has 0 fully saturated rings. The van der Waals surface area contributed by atoms with E-state index in [-0.39, 0.29) is 0 Å². The van der Waals surface area contributed by atoms with Gasteiger partial charge < -0.3 is 15.0 Å². The van der Waals surface area contributed by atoms with E-state index in [0.717, 1.165) is 18.1 Å². The van der Waals surface area contributed by atoms with Crippen LogP contribution in [0.15, 0.2) is 67.0 Å². The molecule has 0 aliphatic carbocycles. The summed E-state index contributed by atoms with van der Waals surface area (Å²) in [6, 6.07) is 18.3.